The maximum absolute atomic E-state index is 14.1. The van der Waals surface area contributed by atoms with Crippen LogP contribution in [-0.4, -0.2) is 26.2 Å². The Bertz CT molecular complexity index is 424. The van der Waals surface area contributed by atoms with Crippen molar-refractivity contribution in [1.29, 1.82) is 0 Å². The zero-order chi connectivity index (χ0) is 12.6. The minimum absolute atomic E-state index is 0.182. The molecular formula is C14H18F2N2. The third-order valence-corrected chi connectivity index (χ3v) is 3.80. The van der Waals surface area contributed by atoms with Crippen LogP contribution in [0.1, 0.15) is 18.4 Å². The molecular weight excluding hydrogens is 234 g/mol. The average Bonchev–Trinajstić information content (AvgIpc) is 3.25. The first kappa shape index (κ1) is 11.9. The quantitative estimate of drug-likeness (QED) is 0.889. The summed E-state index contributed by atoms with van der Waals surface area (Å²) >= 11 is 0. The van der Waals surface area contributed by atoms with Gasteiger partial charge in [-0.3, -0.25) is 0 Å². The van der Waals surface area contributed by atoms with E-state index in [9.17, 15) is 8.78 Å². The van der Waals surface area contributed by atoms with E-state index in [1.807, 2.05) is 6.07 Å². The maximum Gasteiger partial charge on any atom is 0.276 e. The van der Waals surface area contributed by atoms with Gasteiger partial charge in [-0.25, -0.2) is 8.78 Å². The van der Waals surface area contributed by atoms with Crippen molar-refractivity contribution in [3.8, 4) is 0 Å². The monoisotopic (exact) mass is 252 g/mol. The van der Waals surface area contributed by atoms with Crippen LogP contribution in [0.15, 0.2) is 24.3 Å². The van der Waals surface area contributed by atoms with Gasteiger partial charge in [0, 0.05) is 43.3 Å². The van der Waals surface area contributed by atoms with Crippen LogP contribution in [0.25, 0.3) is 0 Å². The highest BCUT2D eigenvalue weighted by molar-refractivity contribution is 5.50. The topological polar surface area (TPSA) is 15.3 Å². The van der Waals surface area contributed by atoms with Crippen molar-refractivity contribution in [2.75, 3.05) is 31.1 Å². The Balaban J connectivity index is 1.84. The van der Waals surface area contributed by atoms with Crippen LogP contribution in [0.5, 0.6) is 0 Å². The van der Waals surface area contributed by atoms with Crippen LogP contribution >= 0.6 is 0 Å². The number of benzene rings is 1. The Kier molecular flexibility index (Phi) is 2.98. The van der Waals surface area contributed by atoms with E-state index in [0.29, 0.717) is 12.8 Å². The molecule has 0 atom stereocenters. The lowest BCUT2D eigenvalue weighted by Gasteiger charge is -2.30. The van der Waals surface area contributed by atoms with Crippen LogP contribution < -0.4 is 10.2 Å². The van der Waals surface area contributed by atoms with Crippen LogP contribution in [-0.2, 0) is 5.92 Å². The van der Waals surface area contributed by atoms with Gasteiger partial charge in [0.05, 0.1) is 0 Å². The zero-order valence-corrected chi connectivity index (χ0v) is 10.3. The molecule has 98 valence electrons. The second kappa shape index (κ2) is 4.50. The molecule has 0 radical (unpaired) electrons. The summed E-state index contributed by atoms with van der Waals surface area (Å²) in [6.07, 6.45) is 1.32. The number of hydrogen-bond acceptors (Lipinski definition) is 2. The van der Waals surface area contributed by atoms with E-state index >= 15 is 0 Å². The zero-order valence-electron chi connectivity index (χ0n) is 10.3. The van der Waals surface area contributed by atoms with Crippen molar-refractivity contribution < 1.29 is 8.78 Å². The van der Waals surface area contributed by atoms with Gasteiger partial charge in [-0.15, -0.1) is 0 Å². The molecule has 1 aromatic carbocycles. The average molecular weight is 252 g/mol. The normalized spacial score (nSPS) is 21.1. The molecule has 1 heterocycles. The summed E-state index contributed by atoms with van der Waals surface area (Å²) < 4.78 is 28.1. The van der Waals surface area contributed by atoms with E-state index in [0.717, 1.165) is 31.9 Å². The number of halogens is 2. The number of alkyl halides is 2. The lowest BCUT2D eigenvalue weighted by atomic mass is 10.0. The van der Waals surface area contributed by atoms with E-state index in [4.69, 9.17) is 0 Å². The summed E-state index contributed by atoms with van der Waals surface area (Å²) in [6.45, 7) is 3.61. The molecule has 0 aromatic heterocycles. The van der Waals surface area contributed by atoms with Crippen molar-refractivity contribution in [2.24, 2.45) is 5.92 Å². The largest absolute Gasteiger partial charge is 0.369 e. The third kappa shape index (κ3) is 2.21. The van der Waals surface area contributed by atoms with Gasteiger partial charge in [0.1, 0.15) is 0 Å². The summed E-state index contributed by atoms with van der Waals surface area (Å²) in [5.74, 6) is -3.08. The van der Waals surface area contributed by atoms with Gasteiger partial charge >= 0.3 is 0 Å². The second-order valence-electron chi connectivity index (χ2n) is 5.18. The number of hydrogen-bond donors (Lipinski definition) is 1. The summed E-state index contributed by atoms with van der Waals surface area (Å²) in [7, 11) is 0. The molecule has 1 aliphatic heterocycles. The van der Waals surface area contributed by atoms with Gasteiger partial charge in [0.25, 0.3) is 5.92 Å². The number of piperazine rings is 1. The Morgan fingerprint density at radius 2 is 1.89 bits per heavy atom. The third-order valence-electron chi connectivity index (χ3n) is 3.80. The van der Waals surface area contributed by atoms with Gasteiger partial charge in [0.2, 0.25) is 0 Å². The second-order valence-corrected chi connectivity index (χ2v) is 5.18. The van der Waals surface area contributed by atoms with Gasteiger partial charge in [-0.1, -0.05) is 12.1 Å². The molecule has 3 rings (SSSR count). The predicted octanol–water partition coefficient (Wildman–Crippen LogP) is 2.60. The van der Waals surface area contributed by atoms with Crippen LogP contribution in [0.3, 0.4) is 0 Å². The summed E-state index contributed by atoms with van der Waals surface area (Å²) in [5, 5.41) is 3.27. The first-order valence-corrected chi connectivity index (χ1v) is 6.62. The fourth-order valence-electron chi connectivity index (χ4n) is 2.51. The first-order valence-electron chi connectivity index (χ1n) is 6.62. The van der Waals surface area contributed by atoms with Crippen molar-refractivity contribution in [3.63, 3.8) is 0 Å². The van der Waals surface area contributed by atoms with Crippen molar-refractivity contribution in [3.05, 3.63) is 29.8 Å². The summed E-state index contributed by atoms with van der Waals surface area (Å²) in [5.41, 5.74) is 1.11. The molecule has 0 unspecified atom stereocenters. The van der Waals surface area contributed by atoms with Gasteiger partial charge in [-0.2, -0.15) is 0 Å². The number of rotatable bonds is 3. The predicted molar refractivity (Wildman–Crippen MR) is 68.1 cm³/mol. The molecule has 1 saturated heterocycles. The molecule has 0 bridgehead atoms. The highest BCUT2D eigenvalue weighted by Crippen LogP contribution is 2.50. The Hall–Kier alpha value is -1.16. The van der Waals surface area contributed by atoms with Crippen molar-refractivity contribution in [2.45, 2.75) is 18.8 Å². The van der Waals surface area contributed by atoms with E-state index in [1.54, 1.807) is 18.2 Å². The van der Waals surface area contributed by atoms with Crippen LogP contribution in [0, 0.1) is 5.92 Å². The van der Waals surface area contributed by atoms with Gasteiger partial charge in [-0.05, 0) is 25.0 Å². The number of anilines is 1. The summed E-state index contributed by atoms with van der Waals surface area (Å²) in [4.78, 5) is 2.17. The standard InChI is InChI=1S/C14H18F2N2/c15-14(16,11-4-5-11)12-2-1-3-13(10-12)18-8-6-17-7-9-18/h1-3,10-11,17H,4-9H2. The van der Waals surface area contributed by atoms with E-state index in [2.05, 4.69) is 10.2 Å². The molecule has 1 N–H and O–H groups in total. The number of nitrogens with one attached hydrogen (secondary N) is 1. The van der Waals surface area contributed by atoms with Crippen molar-refractivity contribution in [1.82, 2.24) is 5.32 Å². The minimum atomic E-state index is -2.65. The van der Waals surface area contributed by atoms with Gasteiger partial charge < -0.3 is 10.2 Å². The molecule has 1 aliphatic carbocycles. The van der Waals surface area contributed by atoms with E-state index in [-0.39, 0.29) is 5.56 Å². The Labute approximate surface area is 106 Å². The minimum Gasteiger partial charge on any atom is -0.369 e. The molecule has 0 spiro atoms. The van der Waals surface area contributed by atoms with Gasteiger partial charge in [0.15, 0.2) is 0 Å². The molecule has 1 aromatic rings. The smallest absolute Gasteiger partial charge is 0.276 e. The van der Waals surface area contributed by atoms with Crippen molar-refractivity contribution >= 4 is 5.69 Å². The molecule has 2 fully saturated rings. The van der Waals surface area contributed by atoms with Crippen LogP contribution in [0.2, 0.25) is 0 Å². The Morgan fingerprint density at radius 3 is 2.56 bits per heavy atom. The lowest BCUT2D eigenvalue weighted by molar-refractivity contribution is -0.0285. The highest BCUT2D eigenvalue weighted by Gasteiger charge is 2.47. The molecule has 1 saturated carbocycles. The summed E-state index contributed by atoms with van der Waals surface area (Å²) in [6, 6.07) is 6.91. The number of nitrogens with zero attached hydrogens (tertiary/aromatic N) is 1. The molecule has 2 aliphatic rings. The highest BCUT2D eigenvalue weighted by atomic mass is 19.3. The Morgan fingerprint density at radius 1 is 1.17 bits per heavy atom. The fraction of sp³-hybridized carbons (Fsp3) is 0.571. The first-order chi connectivity index (χ1) is 8.68. The van der Waals surface area contributed by atoms with Crippen LogP contribution in [0.4, 0.5) is 14.5 Å². The fourth-order valence-corrected chi connectivity index (χ4v) is 2.51. The molecule has 2 nitrogen and oxygen atoms in total. The maximum atomic E-state index is 14.1. The van der Waals surface area contributed by atoms with E-state index in [1.165, 1.54) is 0 Å². The molecule has 0 amide bonds. The SMILES string of the molecule is FC(F)(c1cccc(N2CCNCC2)c1)C1CC1. The molecule has 4 heteroatoms. The molecule has 18 heavy (non-hydrogen) atoms. The lowest BCUT2D eigenvalue weighted by Crippen LogP contribution is -2.43. The van der Waals surface area contributed by atoms with E-state index < -0.39 is 11.8 Å².